The number of aryl methyl sites for hydroxylation is 1. The highest BCUT2D eigenvalue weighted by atomic mass is 15.3. The Bertz CT molecular complexity index is 644. The smallest absolute Gasteiger partial charge is 0.172 e. The minimum atomic E-state index is 0.734. The van der Waals surface area contributed by atoms with Crippen LogP contribution in [0.1, 0.15) is 5.69 Å². The van der Waals surface area contributed by atoms with Gasteiger partial charge < -0.3 is 0 Å². The van der Waals surface area contributed by atoms with E-state index in [-0.39, 0.29) is 0 Å². The van der Waals surface area contributed by atoms with E-state index in [4.69, 9.17) is 0 Å². The Labute approximate surface area is 105 Å². The molecule has 0 spiro atoms. The van der Waals surface area contributed by atoms with Gasteiger partial charge in [-0.25, -0.2) is 9.67 Å². The minimum Gasteiger partial charge on any atom is -0.259 e. The van der Waals surface area contributed by atoms with Crippen LogP contribution in [0.15, 0.2) is 55.0 Å². The Kier molecular flexibility index (Phi) is 2.61. The van der Waals surface area contributed by atoms with Crippen LogP contribution in [0, 0.1) is 6.92 Å². The summed E-state index contributed by atoms with van der Waals surface area (Å²) >= 11 is 0. The third-order valence-electron chi connectivity index (χ3n) is 2.72. The molecule has 4 heteroatoms. The van der Waals surface area contributed by atoms with Crippen LogP contribution in [-0.2, 0) is 0 Å². The zero-order chi connectivity index (χ0) is 12.4. The molecule has 0 fully saturated rings. The Balaban J connectivity index is 2.07. The Morgan fingerprint density at radius 1 is 1.06 bits per heavy atom. The fourth-order valence-electron chi connectivity index (χ4n) is 1.86. The molecule has 0 atom stereocenters. The molecular formula is C14H12N4. The van der Waals surface area contributed by atoms with Crippen LogP contribution in [0.25, 0.3) is 17.1 Å². The molecule has 0 saturated carbocycles. The standard InChI is InChI=1S/C14H12N4/c1-11-9-13(12-5-3-2-4-6-12)17-18(11)14-10-15-7-8-16-14/h2-10H,1H3. The van der Waals surface area contributed by atoms with Crippen molar-refractivity contribution in [2.45, 2.75) is 6.92 Å². The molecule has 0 unspecified atom stereocenters. The molecule has 0 aliphatic heterocycles. The van der Waals surface area contributed by atoms with Gasteiger partial charge >= 0.3 is 0 Å². The number of hydrogen-bond acceptors (Lipinski definition) is 3. The molecule has 88 valence electrons. The topological polar surface area (TPSA) is 43.6 Å². The van der Waals surface area contributed by atoms with Crippen molar-refractivity contribution in [2.75, 3.05) is 0 Å². The van der Waals surface area contributed by atoms with E-state index in [0.29, 0.717) is 0 Å². The van der Waals surface area contributed by atoms with Crippen molar-refractivity contribution >= 4 is 0 Å². The van der Waals surface area contributed by atoms with Crippen LogP contribution in [0.3, 0.4) is 0 Å². The summed E-state index contributed by atoms with van der Waals surface area (Å²) in [6.45, 7) is 2.01. The van der Waals surface area contributed by atoms with Crippen LogP contribution < -0.4 is 0 Å². The largest absolute Gasteiger partial charge is 0.259 e. The molecule has 0 aliphatic rings. The fraction of sp³-hybridized carbons (Fsp3) is 0.0714. The summed E-state index contributed by atoms with van der Waals surface area (Å²) in [7, 11) is 0. The molecular weight excluding hydrogens is 224 g/mol. The molecule has 1 aromatic carbocycles. The van der Waals surface area contributed by atoms with Gasteiger partial charge in [0.1, 0.15) is 0 Å². The summed E-state index contributed by atoms with van der Waals surface area (Å²) in [5.41, 5.74) is 3.08. The predicted octanol–water partition coefficient (Wildman–Crippen LogP) is 2.64. The highest BCUT2D eigenvalue weighted by Gasteiger charge is 2.08. The van der Waals surface area contributed by atoms with E-state index >= 15 is 0 Å². The number of nitrogens with zero attached hydrogens (tertiary/aromatic N) is 4. The molecule has 4 nitrogen and oxygen atoms in total. The Morgan fingerprint density at radius 2 is 1.89 bits per heavy atom. The summed E-state index contributed by atoms with van der Waals surface area (Å²) < 4.78 is 1.80. The maximum absolute atomic E-state index is 4.56. The van der Waals surface area contributed by atoms with Gasteiger partial charge in [0, 0.05) is 23.7 Å². The van der Waals surface area contributed by atoms with Gasteiger partial charge in [0.25, 0.3) is 0 Å². The van der Waals surface area contributed by atoms with Crippen LogP contribution in [0.5, 0.6) is 0 Å². The summed E-state index contributed by atoms with van der Waals surface area (Å²) in [6, 6.07) is 12.1. The average molecular weight is 236 g/mol. The second kappa shape index (κ2) is 4.41. The van der Waals surface area contributed by atoms with E-state index in [9.17, 15) is 0 Å². The van der Waals surface area contributed by atoms with Crippen molar-refractivity contribution in [1.29, 1.82) is 0 Å². The third kappa shape index (κ3) is 1.88. The summed E-state index contributed by atoms with van der Waals surface area (Å²) in [5, 5.41) is 4.56. The van der Waals surface area contributed by atoms with Gasteiger partial charge in [-0.15, -0.1) is 0 Å². The zero-order valence-electron chi connectivity index (χ0n) is 9.99. The second-order valence-corrected chi connectivity index (χ2v) is 4.01. The summed E-state index contributed by atoms with van der Waals surface area (Å²) in [5.74, 6) is 0.734. The zero-order valence-corrected chi connectivity index (χ0v) is 9.99. The molecule has 0 radical (unpaired) electrons. The maximum Gasteiger partial charge on any atom is 0.172 e. The Hall–Kier alpha value is -2.49. The van der Waals surface area contributed by atoms with Crippen molar-refractivity contribution in [3.8, 4) is 17.1 Å². The highest BCUT2D eigenvalue weighted by Crippen LogP contribution is 2.19. The fourth-order valence-corrected chi connectivity index (χ4v) is 1.86. The molecule has 2 aromatic heterocycles. The number of aromatic nitrogens is 4. The molecule has 0 aliphatic carbocycles. The van der Waals surface area contributed by atoms with E-state index in [1.54, 1.807) is 23.3 Å². The van der Waals surface area contributed by atoms with Crippen molar-refractivity contribution in [3.63, 3.8) is 0 Å². The highest BCUT2D eigenvalue weighted by molar-refractivity contribution is 5.59. The summed E-state index contributed by atoms with van der Waals surface area (Å²) in [6.07, 6.45) is 5.02. The molecule has 3 aromatic rings. The summed E-state index contributed by atoms with van der Waals surface area (Å²) in [4.78, 5) is 8.32. The normalized spacial score (nSPS) is 10.5. The van der Waals surface area contributed by atoms with E-state index in [1.807, 2.05) is 43.3 Å². The lowest BCUT2D eigenvalue weighted by atomic mass is 10.1. The first kappa shape index (κ1) is 10.7. The van der Waals surface area contributed by atoms with Crippen LogP contribution in [0.2, 0.25) is 0 Å². The van der Waals surface area contributed by atoms with Gasteiger partial charge in [0.15, 0.2) is 5.82 Å². The molecule has 0 amide bonds. The van der Waals surface area contributed by atoms with E-state index in [2.05, 4.69) is 15.1 Å². The SMILES string of the molecule is Cc1cc(-c2ccccc2)nn1-c1cnccn1. The maximum atomic E-state index is 4.56. The van der Waals surface area contributed by atoms with Gasteiger partial charge in [-0.3, -0.25) is 4.98 Å². The van der Waals surface area contributed by atoms with Crippen LogP contribution >= 0.6 is 0 Å². The number of benzene rings is 1. The van der Waals surface area contributed by atoms with Gasteiger partial charge in [-0.2, -0.15) is 5.10 Å². The molecule has 0 saturated heterocycles. The average Bonchev–Trinajstić information content (AvgIpc) is 2.83. The van der Waals surface area contributed by atoms with Crippen molar-refractivity contribution in [2.24, 2.45) is 0 Å². The first-order valence-corrected chi connectivity index (χ1v) is 5.73. The van der Waals surface area contributed by atoms with Crippen molar-refractivity contribution in [3.05, 3.63) is 60.7 Å². The molecule has 3 rings (SSSR count). The lowest BCUT2D eigenvalue weighted by Gasteiger charge is -2.00. The van der Waals surface area contributed by atoms with Gasteiger partial charge in [-0.1, -0.05) is 30.3 Å². The number of rotatable bonds is 2. The monoisotopic (exact) mass is 236 g/mol. The van der Waals surface area contributed by atoms with E-state index < -0.39 is 0 Å². The quantitative estimate of drug-likeness (QED) is 0.687. The first-order valence-electron chi connectivity index (χ1n) is 5.73. The molecule has 18 heavy (non-hydrogen) atoms. The lowest BCUT2D eigenvalue weighted by Crippen LogP contribution is -2.01. The third-order valence-corrected chi connectivity index (χ3v) is 2.72. The van der Waals surface area contributed by atoms with Crippen LogP contribution in [-0.4, -0.2) is 19.7 Å². The van der Waals surface area contributed by atoms with E-state index in [1.165, 1.54) is 0 Å². The van der Waals surface area contributed by atoms with Gasteiger partial charge in [0.05, 0.1) is 11.9 Å². The predicted molar refractivity (Wildman–Crippen MR) is 69.3 cm³/mol. The molecule has 2 heterocycles. The lowest BCUT2D eigenvalue weighted by molar-refractivity contribution is 0.812. The minimum absolute atomic E-state index is 0.734. The molecule has 0 N–H and O–H groups in total. The Morgan fingerprint density at radius 3 is 2.61 bits per heavy atom. The van der Waals surface area contributed by atoms with Crippen molar-refractivity contribution in [1.82, 2.24) is 19.7 Å². The number of hydrogen-bond donors (Lipinski definition) is 0. The van der Waals surface area contributed by atoms with Crippen LogP contribution in [0.4, 0.5) is 0 Å². The van der Waals surface area contributed by atoms with Crippen molar-refractivity contribution < 1.29 is 0 Å². The molecule has 0 bridgehead atoms. The second-order valence-electron chi connectivity index (χ2n) is 4.01. The van der Waals surface area contributed by atoms with E-state index in [0.717, 1.165) is 22.8 Å². The van der Waals surface area contributed by atoms with Gasteiger partial charge in [-0.05, 0) is 13.0 Å². The first-order chi connectivity index (χ1) is 8.84. The van der Waals surface area contributed by atoms with Gasteiger partial charge in [0.2, 0.25) is 0 Å².